The molecule has 0 saturated carbocycles. The second-order valence-corrected chi connectivity index (χ2v) is 6.89. The Morgan fingerprint density at radius 2 is 1.74 bits per heavy atom. The van der Waals surface area contributed by atoms with E-state index in [1.54, 1.807) is 0 Å². The van der Waals surface area contributed by atoms with Gasteiger partial charge in [0.05, 0.1) is 28.9 Å². The normalized spacial score (nSPS) is 12.0. The number of fused-ring (bicyclic) bond motifs is 1. The topological polar surface area (TPSA) is 39.9 Å². The lowest BCUT2D eigenvalue weighted by Gasteiger charge is -2.12. The molecule has 0 saturated heterocycles. The third-order valence-corrected chi connectivity index (χ3v) is 4.71. The fourth-order valence-electron chi connectivity index (χ4n) is 3.42. The first-order valence-corrected chi connectivity index (χ1v) is 9.27. The molecule has 0 unspecified atom stereocenters. The summed E-state index contributed by atoms with van der Waals surface area (Å²) in [5.74, 6) is -0.170. The smallest absolute Gasteiger partial charge is 0.417 e. The SMILES string of the molecule is Cc1nn(Cc2ccccc2)c2nc(-c3cccc(OC(F)F)c3)cc(C(F)(F)F)c12. The molecule has 160 valence electrons. The molecule has 0 radical (unpaired) electrons. The fraction of sp³-hybridized carbons (Fsp3) is 0.182. The Balaban J connectivity index is 1.90. The Bertz CT molecular complexity index is 1220. The number of benzene rings is 2. The van der Waals surface area contributed by atoms with E-state index in [2.05, 4.69) is 14.8 Å². The highest BCUT2D eigenvalue weighted by Crippen LogP contribution is 2.38. The van der Waals surface area contributed by atoms with E-state index in [1.165, 1.54) is 35.9 Å². The molecular formula is C22H16F5N3O. The van der Waals surface area contributed by atoms with Crippen molar-refractivity contribution in [1.82, 2.24) is 14.8 Å². The summed E-state index contributed by atoms with van der Waals surface area (Å²) < 4.78 is 72.6. The first-order chi connectivity index (χ1) is 14.7. The molecule has 0 aliphatic heterocycles. The second kappa shape index (κ2) is 7.98. The summed E-state index contributed by atoms with van der Waals surface area (Å²) in [5.41, 5.74) is 0.423. The van der Waals surface area contributed by atoms with Gasteiger partial charge in [-0.25, -0.2) is 9.67 Å². The van der Waals surface area contributed by atoms with Gasteiger partial charge >= 0.3 is 12.8 Å². The average molecular weight is 433 g/mol. The monoisotopic (exact) mass is 433 g/mol. The minimum absolute atomic E-state index is 0.0197. The van der Waals surface area contributed by atoms with E-state index in [0.29, 0.717) is 0 Å². The summed E-state index contributed by atoms with van der Waals surface area (Å²) in [5, 5.41) is 4.19. The van der Waals surface area contributed by atoms with Crippen LogP contribution in [0.1, 0.15) is 16.8 Å². The molecule has 31 heavy (non-hydrogen) atoms. The van der Waals surface area contributed by atoms with E-state index >= 15 is 0 Å². The molecule has 0 spiro atoms. The number of alkyl halides is 5. The number of ether oxygens (including phenoxy) is 1. The Morgan fingerprint density at radius 1 is 1.00 bits per heavy atom. The first-order valence-electron chi connectivity index (χ1n) is 9.27. The van der Waals surface area contributed by atoms with Crippen molar-refractivity contribution in [1.29, 1.82) is 0 Å². The van der Waals surface area contributed by atoms with E-state index in [1.807, 2.05) is 30.3 Å². The maximum Gasteiger partial charge on any atom is 0.417 e. The van der Waals surface area contributed by atoms with Crippen molar-refractivity contribution < 1.29 is 26.7 Å². The van der Waals surface area contributed by atoms with Gasteiger partial charge in [-0.05, 0) is 30.7 Å². The van der Waals surface area contributed by atoms with Gasteiger partial charge in [-0.3, -0.25) is 0 Å². The van der Waals surface area contributed by atoms with Crippen LogP contribution in [0.15, 0.2) is 60.7 Å². The Kier molecular flexibility index (Phi) is 5.34. The minimum atomic E-state index is -4.65. The molecular weight excluding hydrogens is 417 g/mol. The lowest BCUT2D eigenvalue weighted by Crippen LogP contribution is -2.08. The molecule has 4 rings (SSSR count). The van der Waals surface area contributed by atoms with Crippen LogP contribution < -0.4 is 4.74 Å². The standard InChI is InChI=1S/C22H16F5N3O/c1-13-19-17(22(25,26)27)11-18(15-8-5-9-16(10-15)31-21(23)24)28-20(19)30(29-13)12-14-6-3-2-4-7-14/h2-11,21H,12H2,1H3. The van der Waals surface area contributed by atoms with Crippen LogP contribution in [0.4, 0.5) is 22.0 Å². The number of pyridine rings is 1. The van der Waals surface area contributed by atoms with Gasteiger partial charge in [0, 0.05) is 5.56 Å². The lowest BCUT2D eigenvalue weighted by atomic mass is 10.0. The summed E-state index contributed by atoms with van der Waals surface area (Å²) in [6.45, 7) is -1.32. The summed E-state index contributed by atoms with van der Waals surface area (Å²) in [6, 6.07) is 15.5. The quantitative estimate of drug-likeness (QED) is 0.359. The maximum absolute atomic E-state index is 13.9. The summed E-state index contributed by atoms with van der Waals surface area (Å²) in [7, 11) is 0. The Labute approximate surface area is 173 Å². The molecule has 0 fully saturated rings. The summed E-state index contributed by atoms with van der Waals surface area (Å²) in [4.78, 5) is 4.41. The lowest BCUT2D eigenvalue weighted by molar-refractivity contribution is -0.136. The van der Waals surface area contributed by atoms with Gasteiger partial charge in [-0.15, -0.1) is 0 Å². The highest BCUT2D eigenvalue weighted by molar-refractivity contribution is 5.86. The highest BCUT2D eigenvalue weighted by Gasteiger charge is 2.35. The van der Waals surface area contributed by atoms with Crippen LogP contribution in [0, 0.1) is 6.92 Å². The van der Waals surface area contributed by atoms with Crippen LogP contribution in [0.5, 0.6) is 5.75 Å². The molecule has 0 N–H and O–H groups in total. The van der Waals surface area contributed by atoms with Crippen LogP contribution in [0.25, 0.3) is 22.3 Å². The first kappa shape index (κ1) is 20.8. The van der Waals surface area contributed by atoms with E-state index in [0.717, 1.165) is 11.6 Å². The predicted molar refractivity (Wildman–Crippen MR) is 105 cm³/mol. The van der Waals surface area contributed by atoms with Gasteiger partial charge in [0.1, 0.15) is 5.75 Å². The van der Waals surface area contributed by atoms with E-state index in [4.69, 9.17) is 0 Å². The second-order valence-electron chi connectivity index (χ2n) is 6.89. The van der Waals surface area contributed by atoms with Crippen LogP contribution in [0.2, 0.25) is 0 Å². The average Bonchev–Trinajstić information content (AvgIpc) is 3.02. The van der Waals surface area contributed by atoms with Gasteiger partial charge in [0.25, 0.3) is 0 Å². The van der Waals surface area contributed by atoms with Crippen LogP contribution in [0.3, 0.4) is 0 Å². The number of hydrogen-bond acceptors (Lipinski definition) is 3. The van der Waals surface area contributed by atoms with Crippen molar-refractivity contribution in [2.45, 2.75) is 26.3 Å². The van der Waals surface area contributed by atoms with E-state index in [9.17, 15) is 22.0 Å². The molecule has 0 aliphatic rings. The molecule has 2 aromatic heterocycles. The van der Waals surface area contributed by atoms with Crippen LogP contribution >= 0.6 is 0 Å². The van der Waals surface area contributed by atoms with Crippen molar-refractivity contribution in [2.24, 2.45) is 0 Å². The van der Waals surface area contributed by atoms with Gasteiger partial charge in [-0.2, -0.15) is 27.1 Å². The minimum Gasteiger partial charge on any atom is -0.435 e. The molecule has 0 amide bonds. The third kappa shape index (κ3) is 4.35. The number of aryl methyl sites for hydroxylation is 1. The molecule has 0 atom stereocenters. The third-order valence-electron chi connectivity index (χ3n) is 4.71. The van der Waals surface area contributed by atoms with Crippen LogP contribution in [-0.4, -0.2) is 21.4 Å². The van der Waals surface area contributed by atoms with Gasteiger partial charge in [-0.1, -0.05) is 42.5 Å². The van der Waals surface area contributed by atoms with Crippen molar-refractivity contribution in [3.05, 3.63) is 77.5 Å². The predicted octanol–water partition coefficient (Wildman–Crippen LogP) is 6.08. The number of rotatable bonds is 5. The molecule has 2 heterocycles. The molecule has 9 heteroatoms. The van der Waals surface area contributed by atoms with Gasteiger partial charge < -0.3 is 4.74 Å². The molecule has 2 aromatic carbocycles. The molecule has 4 nitrogen and oxygen atoms in total. The van der Waals surface area contributed by atoms with Crippen LogP contribution in [-0.2, 0) is 12.7 Å². The molecule has 0 bridgehead atoms. The largest absolute Gasteiger partial charge is 0.435 e. The van der Waals surface area contributed by atoms with Crippen molar-refractivity contribution in [3.8, 4) is 17.0 Å². The fourth-order valence-corrected chi connectivity index (χ4v) is 3.42. The Morgan fingerprint density at radius 3 is 2.42 bits per heavy atom. The number of nitrogens with zero attached hydrogens (tertiary/aromatic N) is 3. The van der Waals surface area contributed by atoms with Gasteiger partial charge in [0.15, 0.2) is 5.65 Å². The maximum atomic E-state index is 13.9. The Hall–Kier alpha value is -3.49. The summed E-state index contributed by atoms with van der Waals surface area (Å²) >= 11 is 0. The molecule has 4 aromatic rings. The van der Waals surface area contributed by atoms with Crippen molar-refractivity contribution in [2.75, 3.05) is 0 Å². The van der Waals surface area contributed by atoms with E-state index in [-0.39, 0.29) is 40.3 Å². The molecule has 0 aliphatic carbocycles. The van der Waals surface area contributed by atoms with Crippen molar-refractivity contribution in [3.63, 3.8) is 0 Å². The number of hydrogen-bond donors (Lipinski definition) is 0. The number of aromatic nitrogens is 3. The van der Waals surface area contributed by atoms with E-state index < -0.39 is 18.4 Å². The zero-order chi connectivity index (χ0) is 22.2. The van der Waals surface area contributed by atoms with Gasteiger partial charge in [0.2, 0.25) is 0 Å². The summed E-state index contributed by atoms with van der Waals surface area (Å²) in [6.07, 6.45) is -4.65. The number of halogens is 5. The zero-order valence-corrected chi connectivity index (χ0v) is 16.2. The zero-order valence-electron chi connectivity index (χ0n) is 16.2. The van der Waals surface area contributed by atoms with Crippen molar-refractivity contribution >= 4 is 11.0 Å². The highest BCUT2D eigenvalue weighted by atomic mass is 19.4.